The van der Waals surface area contributed by atoms with Crippen molar-refractivity contribution in [1.82, 2.24) is 14.5 Å². The van der Waals surface area contributed by atoms with Gasteiger partial charge >= 0.3 is 0 Å². The van der Waals surface area contributed by atoms with Crippen molar-refractivity contribution in [2.24, 2.45) is 7.05 Å². The van der Waals surface area contributed by atoms with Crippen LogP contribution in [0.3, 0.4) is 0 Å². The van der Waals surface area contributed by atoms with Crippen molar-refractivity contribution in [3.05, 3.63) is 39.0 Å². The van der Waals surface area contributed by atoms with Gasteiger partial charge in [0.15, 0.2) is 0 Å². The predicted octanol–water partition coefficient (Wildman–Crippen LogP) is 4.26. The second-order valence-electron chi connectivity index (χ2n) is 4.90. The summed E-state index contributed by atoms with van der Waals surface area (Å²) < 4.78 is 1.83. The standard InChI is InChI=1S/C13H13Cl3N4/c1-20-8(4-9(14)12(20)16)6-17-11-5-10(15)18-13(19-11)7-2-3-7/h4-5,7H,2-3,6H2,1H3,(H,17,18,19). The second-order valence-corrected chi connectivity index (χ2v) is 6.05. The third-order valence-corrected chi connectivity index (χ3v) is 4.36. The number of halogens is 3. The third-order valence-electron chi connectivity index (χ3n) is 3.32. The SMILES string of the molecule is Cn1c(CNc2cc(Cl)nc(C3CC3)n2)cc(Cl)c1Cl. The van der Waals surface area contributed by atoms with Gasteiger partial charge in [-0.05, 0) is 18.9 Å². The first-order chi connectivity index (χ1) is 9.54. The number of nitrogens with one attached hydrogen (secondary N) is 1. The first-order valence-electron chi connectivity index (χ1n) is 6.32. The number of aromatic nitrogens is 3. The molecule has 0 amide bonds. The predicted molar refractivity (Wildman–Crippen MR) is 81.8 cm³/mol. The molecule has 2 heterocycles. The van der Waals surface area contributed by atoms with Crippen LogP contribution in [0.15, 0.2) is 12.1 Å². The molecule has 4 nitrogen and oxygen atoms in total. The van der Waals surface area contributed by atoms with Gasteiger partial charge in [0, 0.05) is 24.7 Å². The molecule has 3 rings (SSSR count). The number of hydrogen-bond donors (Lipinski definition) is 1. The van der Waals surface area contributed by atoms with Crippen LogP contribution in [-0.4, -0.2) is 14.5 Å². The largest absolute Gasteiger partial charge is 0.364 e. The Morgan fingerprint density at radius 2 is 2.00 bits per heavy atom. The normalized spacial score (nSPS) is 14.6. The van der Waals surface area contributed by atoms with E-state index in [0.29, 0.717) is 27.8 Å². The molecule has 0 bridgehead atoms. The molecule has 1 fully saturated rings. The van der Waals surface area contributed by atoms with Gasteiger partial charge in [-0.1, -0.05) is 34.8 Å². The Morgan fingerprint density at radius 1 is 1.25 bits per heavy atom. The highest BCUT2D eigenvalue weighted by molar-refractivity contribution is 6.41. The summed E-state index contributed by atoms with van der Waals surface area (Å²) in [7, 11) is 1.87. The quantitative estimate of drug-likeness (QED) is 0.851. The zero-order chi connectivity index (χ0) is 14.3. The topological polar surface area (TPSA) is 42.7 Å². The van der Waals surface area contributed by atoms with Crippen molar-refractivity contribution in [3.63, 3.8) is 0 Å². The average molecular weight is 332 g/mol. The molecule has 0 atom stereocenters. The first-order valence-corrected chi connectivity index (χ1v) is 7.46. The van der Waals surface area contributed by atoms with Gasteiger partial charge in [0.1, 0.15) is 21.9 Å². The summed E-state index contributed by atoms with van der Waals surface area (Å²) in [6.07, 6.45) is 2.28. The molecule has 1 aliphatic carbocycles. The maximum Gasteiger partial charge on any atom is 0.135 e. The minimum absolute atomic E-state index is 0.465. The molecule has 0 unspecified atom stereocenters. The molecule has 106 valence electrons. The van der Waals surface area contributed by atoms with Crippen molar-refractivity contribution >= 4 is 40.6 Å². The van der Waals surface area contributed by atoms with Gasteiger partial charge in [-0.25, -0.2) is 9.97 Å². The van der Waals surface area contributed by atoms with E-state index in [0.717, 1.165) is 30.2 Å². The van der Waals surface area contributed by atoms with Crippen LogP contribution >= 0.6 is 34.8 Å². The van der Waals surface area contributed by atoms with E-state index >= 15 is 0 Å². The molecule has 0 saturated heterocycles. The monoisotopic (exact) mass is 330 g/mol. The number of nitrogens with zero attached hydrogens (tertiary/aromatic N) is 3. The zero-order valence-corrected chi connectivity index (χ0v) is 13.1. The molecule has 2 aromatic heterocycles. The molecule has 0 aromatic carbocycles. The lowest BCUT2D eigenvalue weighted by Gasteiger charge is -2.08. The Balaban J connectivity index is 1.76. The van der Waals surface area contributed by atoms with E-state index < -0.39 is 0 Å². The Bertz CT molecular complexity index is 649. The summed E-state index contributed by atoms with van der Waals surface area (Å²) in [5.74, 6) is 2.01. The Morgan fingerprint density at radius 3 is 2.60 bits per heavy atom. The van der Waals surface area contributed by atoms with Crippen molar-refractivity contribution in [3.8, 4) is 0 Å². The van der Waals surface area contributed by atoms with E-state index in [-0.39, 0.29) is 0 Å². The average Bonchev–Trinajstić information content (AvgIpc) is 3.22. The fourth-order valence-electron chi connectivity index (χ4n) is 1.99. The number of anilines is 1. The molecular formula is C13H13Cl3N4. The van der Waals surface area contributed by atoms with Crippen LogP contribution < -0.4 is 5.32 Å². The highest BCUT2D eigenvalue weighted by Crippen LogP contribution is 2.38. The van der Waals surface area contributed by atoms with Crippen molar-refractivity contribution in [2.45, 2.75) is 25.3 Å². The lowest BCUT2D eigenvalue weighted by molar-refractivity contribution is 0.837. The Hall–Kier alpha value is -0.970. The minimum atomic E-state index is 0.465. The highest BCUT2D eigenvalue weighted by Gasteiger charge is 2.27. The lowest BCUT2D eigenvalue weighted by Crippen LogP contribution is -2.07. The van der Waals surface area contributed by atoms with Crippen LogP contribution in [0.25, 0.3) is 0 Å². The van der Waals surface area contributed by atoms with Crippen LogP contribution in [0.1, 0.15) is 30.3 Å². The van der Waals surface area contributed by atoms with Gasteiger partial charge in [0.25, 0.3) is 0 Å². The Kier molecular flexibility index (Phi) is 3.80. The van der Waals surface area contributed by atoms with E-state index in [2.05, 4.69) is 15.3 Å². The van der Waals surface area contributed by atoms with Crippen molar-refractivity contribution in [1.29, 1.82) is 0 Å². The van der Waals surface area contributed by atoms with E-state index in [4.69, 9.17) is 34.8 Å². The van der Waals surface area contributed by atoms with Crippen molar-refractivity contribution < 1.29 is 0 Å². The van der Waals surface area contributed by atoms with Gasteiger partial charge in [-0.15, -0.1) is 0 Å². The molecule has 0 radical (unpaired) electrons. The van der Waals surface area contributed by atoms with Crippen LogP contribution in [0.5, 0.6) is 0 Å². The fourth-order valence-corrected chi connectivity index (χ4v) is 2.60. The molecule has 20 heavy (non-hydrogen) atoms. The molecule has 0 aliphatic heterocycles. The maximum atomic E-state index is 6.04. The summed E-state index contributed by atoms with van der Waals surface area (Å²) in [5.41, 5.74) is 0.975. The smallest absolute Gasteiger partial charge is 0.135 e. The number of hydrogen-bond acceptors (Lipinski definition) is 3. The maximum absolute atomic E-state index is 6.04. The Labute approximate surface area is 132 Å². The summed E-state index contributed by atoms with van der Waals surface area (Å²) in [6.45, 7) is 0.570. The van der Waals surface area contributed by atoms with Crippen LogP contribution in [0.4, 0.5) is 5.82 Å². The van der Waals surface area contributed by atoms with E-state index in [1.807, 2.05) is 17.7 Å². The summed E-state index contributed by atoms with van der Waals surface area (Å²) in [4.78, 5) is 8.74. The molecular weight excluding hydrogens is 319 g/mol. The van der Waals surface area contributed by atoms with Gasteiger partial charge < -0.3 is 9.88 Å². The van der Waals surface area contributed by atoms with Gasteiger partial charge in [-0.2, -0.15) is 0 Å². The van der Waals surface area contributed by atoms with Gasteiger partial charge in [-0.3, -0.25) is 0 Å². The van der Waals surface area contributed by atoms with Crippen LogP contribution in [-0.2, 0) is 13.6 Å². The summed E-state index contributed by atoms with van der Waals surface area (Å²) in [6, 6.07) is 3.56. The first kappa shape index (κ1) is 14.0. The van der Waals surface area contributed by atoms with E-state index in [1.165, 1.54) is 0 Å². The van der Waals surface area contributed by atoms with E-state index in [9.17, 15) is 0 Å². The lowest BCUT2D eigenvalue weighted by atomic mass is 10.4. The van der Waals surface area contributed by atoms with Crippen LogP contribution in [0, 0.1) is 0 Å². The summed E-state index contributed by atoms with van der Waals surface area (Å²) >= 11 is 18.1. The van der Waals surface area contributed by atoms with Crippen LogP contribution in [0.2, 0.25) is 15.3 Å². The second kappa shape index (κ2) is 5.43. The molecule has 0 spiro atoms. The van der Waals surface area contributed by atoms with E-state index in [1.54, 1.807) is 6.07 Å². The fraction of sp³-hybridized carbons (Fsp3) is 0.385. The third kappa shape index (κ3) is 2.87. The highest BCUT2D eigenvalue weighted by atomic mass is 35.5. The van der Waals surface area contributed by atoms with Gasteiger partial charge in [0.2, 0.25) is 0 Å². The molecule has 7 heteroatoms. The van der Waals surface area contributed by atoms with Gasteiger partial charge in [0.05, 0.1) is 11.6 Å². The number of rotatable bonds is 4. The van der Waals surface area contributed by atoms with Crippen molar-refractivity contribution in [2.75, 3.05) is 5.32 Å². The summed E-state index contributed by atoms with van der Waals surface area (Å²) in [5, 5.41) is 4.77. The minimum Gasteiger partial charge on any atom is -0.364 e. The molecule has 1 saturated carbocycles. The molecule has 1 aliphatic rings. The molecule has 2 aromatic rings. The zero-order valence-electron chi connectivity index (χ0n) is 10.8. The molecule has 1 N–H and O–H groups in total.